The highest BCUT2D eigenvalue weighted by Gasteiger charge is 2.20. The Morgan fingerprint density at radius 2 is 1.47 bits per heavy atom. The number of halogens is 5. The topological polar surface area (TPSA) is 49.3 Å². The molecule has 0 saturated heterocycles. The van der Waals surface area contributed by atoms with E-state index in [0.29, 0.717) is 4.90 Å². The molecule has 0 atom stereocenters. The number of benzene rings is 1. The van der Waals surface area contributed by atoms with E-state index >= 15 is 0 Å². The fraction of sp³-hybridized carbons (Fsp3) is 0.300. The van der Waals surface area contributed by atoms with Crippen molar-refractivity contribution in [3.05, 3.63) is 25.1 Å². The van der Waals surface area contributed by atoms with Crippen LogP contribution in [0.5, 0.6) is 0 Å². The Morgan fingerprint density at radius 1 is 1.00 bits per heavy atom. The number of aliphatic hydroxyl groups is 1. The van der Waals surface area contributed by atoms with Crippen molar-refractivity contribution in [1.82, 2.24) is 5.32 Å². The predicted molar refractivity (Wildman–Crippen MR) is 82.3 cm³/mol. The van der Waals surface area contributed by atoms with Gasteiger partial charge in [-0.3, -0.25) is 4.79 Å². The van der Waals surface area contributed by atoms with Crippen molar-refractivity contribution < 1.29 is 9.90 Å². The van der Waals surface area contributed by atoms with Crippen molar-refractivity contribution in [2.24, 2.45) is 0 Å². The van der Waals surface area contributed by atoms with E-state index in [9.17, 15) is 4.79 Å². The quantitative estimate of drug-likeness (QED) is 0.456. The number of carbonyl (C=O) groups excluding carboxylic acids is 1. The molecular formula is C10H8Cl5NO2S. The summed E-state index contributed by atoms with van der Waals surface area (Å²) >= 11 is 30.8. The zero-order valence-electron chi connectivity index (χ0n) is 9.27. The van der Waals surface area contributed by atoms with E-state index in [4.69, 9.17) is 63.1 Å². The van der Waals surface area contributed by atoms with Crippen LogP contribution < -0.4 is 5.32 Å². The van der Waals surface area contributed by atoms with Gasteiger partial charge in [-0.1, -0.05) is 58.0 Å². The molecule has 0 aliphatic carbocycles. The van der Waals surface area contributed by atoms with Crippen molar-refractivity contribution in [3.8, 4) is 0 Å². The fourth-order valence-electron chi connectivity index (χ4n) is 1.10. The number of nitrogens with one attached hydrogen (secondary N) is 1. The lowest BCUT2D eigenvalue weighted by atomic mass is 10.3. The first-order chi connectivity index (χ1) is 8.90. The van der Waals surface area contributed by atoms with Crippen molar-refractivity contribution in [3.63, 3.8) is 0 Å². The van der Waals surface area contributed by atoms with E-state index in [0.717, 1.165) is 11.8 Å². The van der Waals surface area contributed by atoms with Crippen LogP contribution in [0.15, 0.2) is 4.90 Å². The van der Waals surface area contributed by atoms with Crippen LogP contribution in [0.3, 0.4) is 0 Å². The largest absolute Gasteiger partial charge is 0.395 e. The molecule has 0 fully saturated rings. The van der Waals surface area contributed by atoms with E-state index in [1.807, 2.05) is 0 Å². The van der Waals surface area contributed by atoms with Gasteiger partial charge in [-0.05, 0) is 0 Å². The number of carbonyl (C=O) groups is 1. The number of thioether (sulfide) groups is 1. The van der Waals surface area contributed by atoms with Crippen LogP contribution in [-0.2, 0) is 4.79 Å². The Balaban J connectivity index is 2.87. The molecule has 106 valence electrons. The second-order valence-corrected chi connectivity index (χ2v) is 6.14. The van der Waals surface area contributed by atoms with Gasteiger partial charge >= 0.3 is 0 Å². The van der Waals surface area contributed by atoms with Gasteiger partial charge in [0, 0.05) is 11.4 Å². The maximum atomic E-state index is 11.4. The molecule has 0 heterocycles. The minimum atomic E-state index is -0.270. The van der Waals surface area contributed by atoms with Crippen LogP contribution in [-0.4, -0.2) is 29.9 Å². The van der Waals surface area contributed by atoms with Gasteiger partial charge in [0.1, 0.15) is 0 Å². The number of amides is 1. The molecule has 1 amide bonds. The molecule has 0 aliphatic heterocycles. The van der Waals surface area contributed by atoms with Gasteiger partial charge in [-0.25, -0.2) is 0 Å². The molecule has 1 aromatic carbocycles. The van der Waals surface area contributed by atoms with Crippen molar-refractivity contribution in [1.29, 1.82) is 0 Å². The fourth-order valence-corrected chi connectivity index (χ4v) is 3.51. The molecule has 0 aromatic heterocycles. The molecule has 0 aliphatic rings. The molecule has 3 nitrogen and oxygen atoms in total. The molecule has 0 unspecified atom stereocenters. The van der Waals surface area contributed by atoms with E-state index in [2.05, 4.69) is 5.32 Å². The van der Waals surface area contributed by atoms with Crippen molar-refractivity contribution >= 4 is 75.7 Å². The Kier molecular flexibility index (Phi) is 7.40. The summed E-state index contributed by atoms with van der Waals surface area (Å²) < 4.78 is 0. The van der Waals surface area contributed by atoms with E-state index in [-0.39, 0.29) is 49.9 Å². The summed E-state index contributed by atoms with van der Waals surface area (Å²) in [5, 5.41) is 11.6. The van der Waals surface area contributed by atoms with Crippen LogP contribution in [0.1, 0.15) is 0 Å². The highest BCUT2D eigenvalue weighted by molar-refractivity contribution is 8.00. The summed E-state index contributed by atoms with van der Waals surface area (Å²) in [4.78, 5) is 11.8. The number of aliphatic hydroxyl groups excluding tert-OH is 1. The average molecular weight is 384 g/mol. The van der Waals surface area contributed by atoms with Crippen LogP contribution >= 0.6 is 69.8 Å². The molecule has 2 N–H and O–H groups in total. The van der Waals surface area contributed by atoms with Crippen LogP contribution in [0.2, 0.25) is 25.1 Å². The molecule has 0 spiro atoms. The summed E-state index contributed by atoms with van der Waals surface area (Å²) in [6.45, 7) is 0.0551. The van der Waals surface area contributed by atoms with Gasteiger partial charge in [-0.15, -0.1) is 11.8 Å². The van der Waals surface area contributed by atoms with Crippen LogP contribution in [0, 0.1) is 0 Å². The molecule has 0 radical (unpaired) electrons. The lowest BCUT2D eigenvalue weighted by molar-refractivity contribution is -0.118. The zero-order valence-corrected chi connectivity index (χ0v) is 13.9. The normalized spacial score (nSPS) is 10.6. The Bertz CT molecular complexity index is 468. The minimum absolute atomic E-state index is 0.0632. The molecular weight excluding hydrogens is 375 g/mol. The highest BCUT2D eigenvalue weighted by Crippen LogP contribution is 2.47. The number of hydrogen-bond donors (Lipinski definition) is 2. The van der Waals surface area contributed by atoms with Crippen molar-refractivity contribution in [2.45, 2.75) is 4.90 Å². The van der Waals surface area contributed by atoms with E-state index in [1.165, 1.54) is 0 Å². The monoisotopic (exact) mass is 381 g/mol. The summed E-state index contributed by atoms with van der Waals surface area (Å²) in [6, 6.07) is 0. The maximum Gasteiger partial charge on any atom is 0.230 e. The first kappa shape index (κ1) is 17.5. The SMILES string of the molecule is O=C(CSc1c(Cl)c(Cl)c(Cl)c(Cl)c1Cl)NCCO. The molecule has 19 heavy (non-hydrogen) atoms. The third-order valence-electron chi connectivity index (χ3n) is 1.95. The molecule has 1 aromatic rings. The summed E-state index contributed by atoms with van der Waals surface area (Å²) in [5.74, 6) is -0.207. The van der Waals surface area contributed by atoms with Gasteiger partial charge in [-0.2, -0.15) is 0 Å². The second-order valence-electron chi connectivity index (χ2n) is 3.26. The Morgan fingerprint density at radius 3 is 1.95 bits per heavy atom. The first-order valence-electron chi connectivity index (χ1n) is 4.92. The highest BCUT2D eigenvalue weighted by atomic mass is 35.5. The molecule has 0 saturated carbocycles. The summed E-state index contributed by atoms with van der Waals surface area (Å²) in [5.41, 5.74) is 0. The van der Waals surface area contributed by atoms with Gasteiger partial charge in [0.15, 0.2) is 0 Å². The molecule has 0 bridgehead atoms. The zero-order chi connectivity index (χ0) is 14.6. The minimum Gasteiger partial charge on any atom is -0.395 e. The van der Waals surface area contributed by atoms with Gasteiger partial charge in [0.25, 0.3) is 0 Å². The summed E-state index contributed by atoms with van der Waals surface area (Å²) in [7, 11) is 0. The third-order valence-corrected chi connectivity index (χ3v) is 5.56. The van der Waals surface area contributed by atoms with Crippen molar-refractivity contribution in [2.75, 3.05) is 18.9 Å². The van der Waals surface area contributed by atoms with Crippen LogP contribution in [0.25, 0.3) is 0 Å². The second kappa shape index (κ2) is 8.03. The Labute approximate surface area is 139 Å². The van der Waals surface area contributed by atoms with Crippen LogP contribution in [0.4, 0.5) is 0 Å². The average Bonchev–Trinajstić information content (AvgIpc) is 2.40. The predicted octanol–water partition coefficient (Wildman–Crippen LogP) is 4.15. The van der Waals surface area contributed by atoms with Gasteiger partial charge < -0.3 is 10.4 Å². The lowest BCUT2D eigenvalue weighted by Crippen LogP contribution is -2.27. The third kappa shape index (κ3) is 4.46. The maximum absolute atomic E-state index is 11.4. The standard InChI is InChI=1S/C10H8Cl5NO2S/c11-5-6(12)8(14)10(9(15)7(5)13)19-3-4(18)16-1-2-17/h17H,1-3H2,(H,16,18). The Hall–Kier alpha value is 0.450. The molecule has 1 rings (SSSR count). The number of rotatable bonds is 5. The molecule has 9 heteroatoms. The van der Waals surface area contributed by atoms with Gasteiger partial charge in [0.2, 0.25) is 5.91 Å². The summed E-state index contributed by atoms with van der Waals surface area (Å²) in [6.07, 6.45) is 0. The smallest absolute Gasteiger partial charge is 0.230 e. The van der Waals surface area contributed by atoms with E-state index in [1.54, 1.807) is 0 Å². The first-order valence-corrected chi connectivity index (χ1v) is 7.79. The van der Waals surface area contributed by atoms with E-state index < -0.39 is 0 Å². The number of hydrogen-bond acceptors (Lipinski definition) is 3. The lowest BCUT2D eigenvalue weighted by Gasteiger charge is -2.11. The van der Waals surface area contributed by atoms with Gasteiger partial charge in [0.05, 0.1) is 37.5 Å².